The second-order valence-electron chi connectivity index (χ2n) is 2.33. The number of halogens is 1. The summed E-state index contributed by atoms with van der Waals surface area (Å²) in [6.07, 6.45) is 0.169. The first-order chi connectivity index (χ1) is 6.27. The summed E-state index contributed by atoms with van der Waals surface area (Å²) in [5.41, 5.74) is 1.19. The van der Waals surface area contributed by atoms with Crippen LogP contribution in [-0.2, 0) is 14.8 Å². The van der Waals surface area contributed by atoms with E-state index in [9.17, 15) is 4.57 Å². The predicted molar refractivity (Wildman–Crippen MR) is 49.4 cm³/mol. The molecule has 0 amide bonds. The molecular formula is C8H6ClNO2P+. The van der Waals surface area contributed by atoms with E-state index in [2.05, 4.69) is 4.08 Å². The quantitative estimate of drug-likeness (QED) is 0.727. The van der Waals surface area contributed by atoms with Gasteiger partial charge in [-0.3, -0.25) is 0 Å². The molecule has 0 bridgehead atoms. The fourth-order valence-electron chi connectivity index (χ4n) is 0.931. The molecular weight excluding hydrogens is 209 g/mol. The molecule has 0 aliphatic rings. The van der Waals surface area contributed by atoms with Crippen molar-refractivity contribution in [1.82, 2.24) is 0 Å². The van der Waals surface area contributed by atoms with Gasteiger partial charge in [0.05, 0.1) is 11.6 Å². The lowest BCUT2D eigenvalue weighted by molar-refractivity contribution is 0.525. The summed E-state index contributed by atoms with van der Waals surface area (Å²) in [5.74, 6) is 0. The molecule has 0 spiro atoms. The SMILES string of the molecule is N#Cc1ccccc1C[P+](=O)OCl. The normalized spacial score (nSPS) is 10.6. The van der Waals surface area contributed by atoms with Gasteiger partial charge >= 0.3 is 8.03 Å². The van der Waals surface area contributed by atoms with Gasteiger partial charge in [0.1, 0.15) is 11.9 Å². The molecule has 0 N–H and O–H groups in total. The monoisotopic (exact) mass is 214 g/mol. The van der Waals surface area contributed by atoms with Crippen molar-refractivity contribution in [2.45, 2.75) is 6.16 Å². The molecule has 0 fully saturated rings. The highest BCUT2D eigenvalue weighted by Gasteiger charge is 2.19. The molecule has 0 heterocycles. The molecule has 1 aromatic rings. The molecule has 0 saturated carbocycles. The molecule has 13 heavy (non-hydrogen) atoms. The van der Waals surface area contributed by atoms with Crippen LogP contribution in [0.2, 0.25) is 0 Å². The van der Waals surface area contributed by atoms with E-state index >= 15 is 0 Å². The average Bonchev–Trinajstić information content (AvgIpc) is 2.18. The van der Waals surface area contributed by atoms with Crippen molar-refractivity contribution in [2.75, 3.05) is 0 Å². The van der Waals surface area contributed by atoms with Crippen LogP contribution in [0.15, 0.2) is 24.3 Å². The fraction of sp³-hybridized carbons (Fsp3) is 0.125. The van der Waals surface area contributed by atoms with Gasteiger partial charge in [-0.05, 0) is 14.7 Å². The summed E-state index contributed by atoms with van der Waals surface area (Å²) in [6, 6.07) is 8.90. The predicted octanol–water partition coefficient (Wildman–Crippen LogP) is 2.97. The Bertz CT molecular complexity index is 361. The van der Waals surface area contributed by atoms with Gasteiger partial charge in [-0.2, -0.15) is 5.26 Å². The van der Waals surface area contributed by atoms with Crippen LogP contribution >= 0.6 is 19.9 Å². The maximum atomic E-state index is 10.9. The highest BCUT2D eigenvalue weighted by Crippen LogP contribution is 2.30. The van der Waals surface area contributed by atoms with E-state index in [0.717, 1.165) is 0 Å². The third-order valence-corrected chi connectivity index (χ3v) is 2.73. The summed E-state index contributed by atoms with van der Waals surface area (Å²) in [5, 5.41) is 8.69. The van der Waals surface area contributed by atoms with Gasteiger partial charge < -0.3 is 0 Å². The summed E-state index contributed by atoms with van der Waals surface area (Å²) in [4.78, 5) is 0. The number of nitrogens with zero attached hydrogens (tertiary/aromatic N) is 1. The lowest BCUT2D eigenvalue weighted by atomic mass is 10.1. The zero-order valence-electron chi connectivity index (χ0n) is 6.61. The van der Waals surface area contributed by atoms with Crippen molar-refractivity contribution in [2.24, 2.45) is 0 Å². The van der Waals surface area contributed by atoms with Crippen LogP contribution in [0.3, 0.4) is 0 Å². The van der Waals surface area contributed by atoms with E-state index in [1.54, 1.807) is 24.3 Å². The highest BCUT2D eigenvalue weighted by atomic mass is 35.5. The Morgan fingerprint density at radius 1 is 1.54 bits per heavy atom. The molecule has 1 unspecified atom stereocenters. The average molecular weight is 215 g/mol. The summed E-state index contributed by atoms with van der Waals surface area (Å²) in [7, 11) is -1.91. The summed E-state index contributed by atoms with van der Waals surface area (Å²) in [6.45, 7) is 0. The van der Waals surface area contributed by atoms with Crippen LogP contribution in [0.1, 0.15) is 11.1 Å². The van der Waals surface area contributed by atoms with Crippen LogP contribution in [0, 0.1) is 11.3 Å². The number of hydrogen-bond donors (Lipinski definition) is 0. The van der Waals surface area contributed by atoms with Gasteiger partial charge in [-0.25, -0.2) is 0 Å². The number of benzene rings is 1. The topological polar surface area (TPSA) is 50.1 Å². The van der Waals surface area contributed by atoms with Crippen molar-refractivity contribution in [3.8, 4) is 6.07 Å². The summed E-state index contributed by atoms with van der Waals surface area (Å²) < 4.78 is 15.1. The molecule has 3 nitrogen and oxygen atoms in total. The van der Waals surface area contributed by atoms with Gasteiger partial charge in [0.2, 0.25) is 6.16 Å². The highest BCUT2D eigenvalue weighted by molar-refractivity contribution is 7.39. The number of rotatable bonds is 3. The van der Waals surface area contributed by atoms with Crippen LogP contribution in [0.5, 0.6) is 0 Å². The maximum absolute atomic E-state index is 10.9. The standard InChI is InChI=1S/C8H6ClNO2P/c9-12-13(11)6-8-4-2-1-3-7(8)5-10/h1-4H,6H2/q+1. The van der Waals surface area contributed by atoms with Crippen molar-refractivity contribution < 1.29 is 8.64 Å². The maximum Gasteiger partial charge on any atom is 0.531 e. The lowest BCUT2D eigenvalue weighted by Gasteiger charge is -1.93. The smallest absolute Gasteiger partial charge is 0.192 e. The van der Waals surface area contributed by atoms with Crippen LogP contribution in [0.25, 0.3) is 0 Å². The fourth-order valence-corrected chi connectivity index (χ4v) is 1.68. The second kappa shape index (κ2) is 4.94. The minimum atomic E-state index is -1.91. The van der Waals surface area contributed by atoms with E-state index in [1.165, 1.54) is 0 Å². The van der Waals surface area contributed by atoms with E-state index in [-0.39, 0.29) is 6.16 Å². The van der Waals surface area contributed by atoms with Gasteiger partial charge in [0.15, 0.2) is 0 Å². The van der Waals surface area contributed by atoms with E-state index in [0.29, 0.717) is 11.1 Å². The Hall–Kier alpha value is -0.940. The zero-order valence-corrected chi connectivity index (χ0v) is 8.26. The minimum Gasteiger partial charge on any atom is -0.192 e. The molecule has 0 radical (unpaired) electrons. The first-order valence-electron chi connectivity index (χ1n) is 3.49. The van der Waals surface area contributed by atoms with Gasteiger partial charge in [0, 0.05) is 5.56 Å². The summed E-state index contributed by atoms with van der Waals surface area (Å²) >= 11 is 4.93. The van der Waals surface area contributed by atoms with Gasteiger partial charge in [-0.1, -0.05) is 18.2 Å². The number of hydrogen-bond acceptors (Lipinski definition) is 3. The van der Waals surface area contributed by atoms with E-state index in [1.807, 2.05) is 6.07 Å². The third kappa shape index (κ3) is 2.78. The van der Waals surface area contributed by atoms with Crippen LogP contribution in [0.4, 0.5) is 0 Å². The molecule has 0 aliphatic heterocycles. The second-order valence-corrected chi connectivity index (χ2v) is 3.86. The lowest BCUT2D eigenvalue weighted by Crippen LogP contribution is -1.85. The molecule has 1 rings (SSSR count). The van der Waals surface area contributed by atoms with Crippen molar-refractivity contribution >= 4 is 19.9 Å². The van der Waals surface area contributed by atoms with Crippen molar-refractivity contribution in [3.05, 3.63) is 35.4 Å². The minimum absolute atomic E-state index is 0.169. The third-order valence-electron chi connectivity index (χ3n) is 1.51. The molecule has 0 aliphatic carbocycles. The Balaban J connectivity index is 2.89. The molecule has 1 atom stereocenters. The van der Waals surface area contributed by atoms with Crippen molar-refractivity contribution in [3.63, 3.8) is 0 Å². The van der Waals surface area contributed by atoms with Crippen LogP contribution in [-0.4, -0.2) is 0 Å². The molecule has 1 aromatic carbocycles. The van der Waals surface area contributed by atoms with Crippen LogP contribution < -0.4 is 0 Å². The Kier molecular flexibility index (Phi) is 3.85. The Morgan fingerprint density at radius 3 is 2.85 bits per heavy atom. The molecule has 5 heteroatoms. The van der Waals surface area contributed by atoms with E-state index in [4.69, 9.17) is 17.1 Å². The molecule has 0 aromatic heterocycles. The molecule has 66 valence electrons. The first-order valence-corrected chi connectivity index (χ1v) is 5.16. The van der Waals surface area contributed by atoms with Gasteiger partial charge in [0.25, 0.3) is 0 Å². The Labute approximate surface area is 81.9 Å². The molecule has 0 saturated heterocycles. The largest absolute Gasteiger partial charge is 0.531 e. The van der Waals surface area contributed by atoms with E-state index < -0.39 is 8.03 Å². The zero-order chi connectivity index (χ0) is 9.68. The Morgan fingerprint density at radius 2 is 2.23 bits per heavy atom. The first kappa shape index (κ1) is 10.1. The van der Waals surface area contributed by atoms with Gasteiger partial charge in [-0.15, -0.1) is 0 Å². The number of nitriles is 1. The van der Waals surface area contributed by atoms with Crippen molar-refractivity contribution in [1.29, 1.82) is 5.26 Å².